The van der Waals surface area contributed by atoms with Gasteiger partial charge in [-0.3, -0.25) is 4.79 Å². The molecule has 0 aromatic heterocycles. The average molecular weight is 214 g/mol. The van der Waals surface area contributed by atoms with Gasteiger partial charge in [-0.25, -0.2) is 0 Å². The van der Waals surface area contributed by atoms with Gasteiger partial charge in [0.05, 0.1) is 18.8 Å². The van der Waals surface area contributed by atoms with Crippen LogP contribution in [0.25, 0.3) is 0 Å². The molecule has 0 aromatic carbocycles. The van der Waals surface area contributed by atoms with Crippen molar-refractivity contribution in [2.24, 2.45) is 0 Å². The molecule has 1 aliphatic rings. The van der Waals surface area contributed by atoms with Gasteiger partial charge in [0.25, 0.3) is 0 Å². The fourth-order valence-electron chi connectivity index (χ4n) is 1.73. The van der Waals surface area contributed by atoms with Crippen LogP contribution in [-0.2, 0) is 14.3 Å². The lowest BCUT2D eigenvalue weighted by Crippen LogP contribution is -2.36. The molecule has 0 aliphatic carbocycles. The fraction of sp³-hybridized carbons (Fsp3) is 0.727. The van der Waals surface area contributed by atoms with Crippen molar-refractivity contribution in [3.05, 3.63) is 12.7 Å². The van der Waals surface area contributed by atoms with E-state index >= 15 is 0 Å². The smallest absolute Gasteiger partial charge is 0.303 e. The summed E-state index contributed by atoms with van der Waals surface area (Å²) >= 11 is 0. The van der Waals surface area contributed by atoms with Crippen LogP contribution >= 0.6 is 0 Å². The van der Waals surface area contributed by atoms with E-state index in [4.69, 9.17) is 14.6 Å². The first kappa shape index (κ1) is 12.2. The van der Waals surface area contributed by atoms with Gasteiger partial charge >= 0.3 is 5.97 Å². The van der Waals surface area contributed by atoms with E-state index < -0.39 is 5.97 Å². The van der Waals surface area contributed by atoms with E-state index in [0.717, 1.165) is 12.8 Å². The van der Waals surface area contributed by atoms with Gasteiger partial charge in [-0.1, -0.05) is 6.08 Å². The zero-order valence-electron chi connectivity index (χ0n) is 8.85. The maximum Gasteiger partial charge on any atom is 0.303 e. The maximum atomic E-state index is 10.5. The number of hydrogen-bond acceptors (Lipinski definition) is 3. The Morgan fingerprint density at radius 2 is 2.47 bits per heavy atom. The van der Waals surface area contributed by atoms with Gasteiger partial charge in [0.1, 0.15) is 0 Å². The van der Waals surface area contributed by atoms with Gasteiger partial charge in [-0.2, -0.15) is 0 Å². The summed E-state index contributed by atoms with van der Waals surface area (Å²) in [6.07, 6.45) is 4.23. The molecule has 0 spiro atoms. The van der Waals surface area contributed by atoms with Crippen LogP contribution < -0.4 is 0 Å². The summed E-state index contributed by atoms with van der Waals surface area (Å²) < 4.78 is 11.1. The van der Waals surface area contributed by atoms with Crippen molar-refractivity contribution in [3.8, 4) is 0 Å². The predicted molar refractivity (Wildman–Crippen MR) is 55.8 cm³/mol. The summed E-state index contributed by atoms with van der Waals surface area (Å²) in [6, 6.07) is 0. The topological polar surface area (TPSA) is 55.8 Å². The van der Waals surface area contributed by atoms with E-state index in [1.807, 2.05) is 0 Å². The number of rotatable bonds is 6. The van der Waals surface area contributed by atoms with Gasteiger partial charge in [0, 0.05) is 13.0 Å². The largest absolute Gasteiger partial charge is 0.481 e. The number of carboxylic acids is 1. The minimum absolute atomic E-state index is 0.0242. The standard InChI is InChI=1S/C11H18O4/c1-2-7-14-9-4-3-8-15-10(9)5-6-11(12)13/h2,9-10H,1,3-8H2,(H,12,13)/t9-,10+/m1/s1. The quantitative estimate of drug-likeness (QED) is 0.682. The normalized spacial score (nSPS) is 26.1. The molecule has 0 bridgehead atoms. The maximum absolute atomic E-state index is 10.5. The van der Waals surface area contributed by atoms with Crippen molar-refractivity contribution in [3.63, 3.8) is 0 Å². The van der Waals surface area contributed by atoms with E-state index in [0.29, 0.717) is 19.6 Å². The average Bonchev–Trinajstić information content (AvgIpc) is 2.24. The summed E-state index contributed by atoms with van der Waals surface area (Å²) in [7, 11) is 0. The third kappa shape index (κ3) is 4.44. The first-order valence-electron chi connectivity index (χ1n) is 5.30. The lowest BCUT2D eigenvalue weighted by atomic mass is 10.0. The highest BCUT2D eigenvalue weighted by Gasteiger charge is 2.26. The Morgan fingerprint density at radius 1 is 1.67 bits per heavy atom. The van der Waals surface area contributed by atoms with E-state index in [2.05, 4.69) is 6.58 Å². The first-order chi connectivity index (χ1) is 7.24. The number of aliphatic carboxylic acids is 1. The molecule has 15 heavy (non-hydrogen) atoms. The summed E-state index contributed by atoms with van der Waals surface area (Å²) in [5.74, 6) is -0.786. The first-order valence-corrected chi connectivity index (χ1v) is 5.30. The van der Waals surface area contributed by atoms with Gasteiger partial charge in [-0.05, 0) is 19.3 Å². The molecule has 1 rings (SSSR count). The Kier molecular flexibility index (Phi) is 5.36. The number of carbonyl (C=O) groups is 1. The van der Waals surface area contributed by atoms with Gasteiger partial charge in [-0.15, -0.1) is 6.58 Å². The molecule has 0 radical (unpaired) electrons. The van der Waals surface area contributed by atoms with Crippen LogP contribution in [-0.4, -0.2) is 36.5 Å². The second kappa shape index (κ2) is 6.58. The molecular weight excluding hydrogens is 196 g/mol. The van der Waals surface area contributed by atoms with Crippen molar-refractivity contribution in [1.29, 1.82) is 0 Å². The molecule has 1 N–H and O–H groups in total. The van der Waals surface area contributed by atoms with Crippen LogP contribution in [0, 0.1) is 0 Å². The number of hydrogen-bond donors (Lipinski definition) is 1. The minimum Gasteiger partial charge on any atom is -0.481 e. The molecule has 2 atom stereocenters. The van der Waals surface area contributed by atoms with Crippen molar-refractivity contribution >= 4 is 5.97 Å². The number of carboxylic acid groups (broad SMARTS) is 1. The highest BCUT2D eigenvalue weighted by molar-refractivity contribution is 5.66. The second-order valence-corrected chi connectivity index (χ2v) is 3.64. The molecule has 86 valence electrons. The molecule has 1 aliphatic heterocycles. The van der Waals surface area contributed by atoms with Crippen LogP contribution in [0.15, 0.2) is 12.7 Å². The lowest BCUT2D eigenvalue weighted by molar-refractivity contribution is -0.140. The Bertz CT molecular complexity index is 215. The molecule has 4 nitrogen and oxygen atoms in total. The SMILES string of the molecule is C=CCO[C@@H]1CCCO[C@H]1CCC(=O)O. The molecule has 0 aromatic rings. The monoisotopic (exact) mass is 214 g/mol. The third-order valence-corrected chi connectivity index (χ3v) is 2.45. The van der Waals surface area contributed by atoms with E-state index in [9.17, 15) is 4.79 Å². The Hall–Kier alpha value is -0.870. The van der Waals surface area contributed by atoms with Crippen molar-refractivity contribution in [1.82, 2.24) is 0 Å². The minimum atomic E-state index is -0.786. The molecule has 1 fully saturated rings. The summed E-state index contributed by atoms with van der Waals surface area (Å²) in [6.45, 7) is 4.79. The predicted octanol–water partition coefficient (Wildman–Crippen LogP) is 1.60. The Labute approximate surface area is 89.9 Å². The second-order valence-electron chi connectivity index (χ2n) is 3.64. The molecule has 0 amide bonds. The Balaban J connectivity index is 2.35. The van der Waals surface area contributed by atoms with Crippen molar-refractivity contribution < 1.29 is 19.4 Å². The van der Waals surface area contributed by atoms with Crippen LogP contribution in [0.5, 0.6) is 0 Å². The molecule has 1 saturated heterocycles. The van der Waals surface area contributed by atoms with Crippen LogP contribution in [0.3, 0.4) is 0 Å². The van der Waals surface area contributed by atoms with E-state index in [1.54, 1.807) is 6.08 Å². The molecular formula is C11H18O4. The highest BCUT2D eigenvalue weighted by atomic mass is 16.5. The van der Waals surface area contributed by atoms with Gasteiger partial charge < -0.3 is 14.6 Å². The molecule has 0 unspecified atom stereocenters. The van der Waals surface area contributed by atoms with Crippen LogP contribution in [0.2, 0.25) is 0 Å². The summed E-state index contributed by atoms with van der Waals surface area (Å²) in [4.78, 5) is 10.5. The van der Waals surface area contributed by atoms with E-state index in [-0.39, 0.29) is 18.6 Å². The van der Waals surface area contributed by atoms with Crippen LogP contribution in [0.1, 0.15) is 25.7 Å². The van der Waals surface area contributed by atoms with Gasteiger partial charge in [0.15, 0.2) is 0 Å². The zero-order chi connectivity index (χ0) is 11.1. The van der Waals surface area contributed by atoms with Crippen molar-refractivity contribution in [2.75, 3.05) is 13.2 Å². The van der Waals surface area contributed by atoms with E-state index in [1.165, 1.54) is 0 Å². The number of ether oxygens (including phenoxy) is 2. The highest BCUT2D eigenvalue weighted by Crippen LogP contribution is 2.21. The van der Waals surface area contributed by atoms with Crippen LogP contribution in [0.4, 0.5) is 0 Å². The molecule has 0 saturated carbocycles. The lowest BCUT2D eigenvalue weighted by Gasteiger charge is -2.31. The Morgan fingerprint density at radius 3 is 3.13 bits per heavy atom. The third-order valence-electron chi connectivity index (χ3n) is 2.45. The van der Waals surface area contributed by atoms with Gasteiger partial charge in [0.2, 0.25) is 0 Å². The zero-order valence-corrected chi connectivity index (χ0v) is 8.85. The van der Waals surface area contributed by atoms with Crippen molar-refractivity contribution in [2.45, 2.75) is 37.9 Å². The molecule has 4 heteroatoms. The summed E-state index contributed by atoms with van der Waals surface area (Å²) in [5.41, 5.74) is 0. The summed E-state index contributed by atoms with van der Waals surface area (Å²) in [5, 5.41) is 8.59. The fourth-order valence-corrected chi connectivity index (χ4v) is 1.73. The molecule has 1 heterocycles.